The van der Waals surface area contributed by atoms with Gasteiger partial charge in [0, 0.05) is 54.9 Å². The number of halogens is 2. The number of rotatable bonds is 10. The van der Waals surface area contributed by atoms with Crippen LogP contribution in [0.4, 0.5) is 20.2 Å². The molecule has 15 heteroatoms. The summed E-state index contributed by atoms with van der Waals surface area (Å²) < 4.78 is 45.1. The normalized spacial score (nSPS) is 20.0. The lowest BCUT2D eigenvalue weighted by Crippen LogP contribution is -2.46. The molecule has 2 fully saturated rings. The van der Waals surface area contributed by atoms with Crippen molar-refractivity contribution in [1.29, 1.82) is 5.26 Å². The van der Waals surface area contributed by atoms with Crippen molar-refractivity contribution in [1.82, 2.24) is 29.1 Å². The van der Waals surface area contributed by atoms with Crippen LogP contribution in [0.1, 0.15) is 24.1 Å². The van der Waals surface area contributed by atoms with E-state index in [1.54, 1.807) is 18.7 Å². The van der Waals surface area contributed by atoms with Crippen molar-refractivity contribution < 1.29 is 18.3 Å². The van der Waals surface area contributed by atoms with E-state index in [0.29, 0.717) is 11.4 Å². The first-order chi connectivity index (χ1) is 23.8. The minimum atomic E-state index is -1.46. The summed E-state index contributed by atoms with van der Waals surface area (Å²) in [7, 11) is 0. The summed E-state index contributed by atoms with van der Waals surface area (Å²) in [5, 5.41) is 17.3. The summed E-state index contributed by atoms with van der Waals surface area (Å²) in [6.45, 7) is 5.33. The Balaban J connectivity index is 0.927. The molecule has 3 unspecified atom stereocenters. The number of aromatic nitrogens is 6. The van der Waals surface area contributed by atoms with Gasteiger partial charge in [0.25, 0.3) is 0 Å². The Hall–Kier alpha value is -5.04. The molecule has 3 aromatic carbocycles. The van der Waals surface area contributed by atoms with Crippen LogP contribution in [0.15, 0.2) is 90.5 Å². The lowest BCUT2D eigenvalue weighted by Gasteiger charge is -2.37. The number of hydrogen-bond donors (Lipinski definition) is 0. The van der Waals surface area contributed by atoms with Crippen LogP contribution in [0.25, 0.3) is 5.69 Å². The van der Waals surface area contributed by atoms with Gasteiger partial charge in [0.05, 0.1) is 18.4 Å². The molecule has 2 saturated heterocycles. The molecule has 252 valence electrons. The molecule has 0 saturated carbocycles. The predicted molar refractivity (Wildman–Crippen MR) is 179 cm³/mol. The zero-order chi connectivity index (χ0) is 34.0. The van der Waals surface area contributed by atoms with Gasteiger partial charge in [-0.1, -0.05) is 12.1 Å². The van der Waals surface area contributed by atoms with Crippen LogP contribution in [0, 0.1) is 23.0 Å². The van der Waals surface area contributed by atoms with Crippen molar-refractivity contribution in [3.05, 3.63) is 119 Å². The van der Waals surface area contributed by atoms with E-state index in [9.17, 15) is 13.6 Å². The highest BCUT2D eigenvalue weighted by Gasteiger charge is 2.46. The largest absolute Gasteiger partial charge is 0.368 e. The smallest absolute Gasteiger partial charge is 0.351 e. The van der Waals surface area contributed by atoms with Gasteiger partial charge < -0.3 is 19.3 Å². The van der Waals surface area contributed by atoms with Crippen LogP contribution in [-0.4, -0.2) is 67.3 Å². The summed E-state index contributed by atoms with van der Waals surface area (Å²) in [6.07, 6.45) is 4.32. The first kappa shape index (κ1) is 32.5. The van der Waals surface area contributed by atoms with E-state index >= 15 is 0 Å². The molecule has 12 nitrogen and oxygen atoms in total. The summed E-state index contributed by atoms with van der Waals surface area (Å²) in [5.41, 5.74) is 3.42. The highest BCUT2D eigenvalue weighted by Crippen LogP contribution is 2.41. The van der Waals surface area contributed by atoms with Gasteiger partial charge in [-0.3, -0.25) is 0 Å². The van der Waals surface area contributed by atoms with Crippen molar-refractivity contribution in [3.63, 3.8) is 0 Å². The molecule has 49 heavy (non-hydrogen) atoms. The van der Waals surface area contributed by atoms with E-state index in [-0.39, 0.29) is 29.8 Å². The Kier molecular flexibility index (Phi) is 9.17. The second kappa shape index (κ2) is 13.8. The Bertz CT molecular complexity index is 1990. The molecule has 2 aliphatic heterocycles. The molecule has 0 aliphatic carbocycles. The van der Waals surface area contributed by atoms with Crippen LogP contribution in [0.5, 0.6) is 0 Å². The van der Waals surface area contributed by atoms with Crippen LogP contribution in [0.3, 0.4) is 0 Å². The van der Waals surface area contributed by atoms with Gasteiger partial charge in [0.15, 0.2) is 0 Å². The number of benzene rings is 3. The average Bonchev–Trinajstić information content (AvgIpc) is 3.88. The maximum atomic E-state index is 14.9. The van der Waals surface area contributed by atoms with Crippen LogP contribution >= 0.6 is 11.8 Å². The Morgan fingerprint density at radius 3 is 2.27 bits per heavy atom. The first-order valence-electron chi connectivity index (χ1n) is 15.8. The molecule has 0 bridgehead atoms. The van der Waals surface area contributed by atoms with Gasteiger partial charge in [-0.05, 0) is 61.0 Å². The fourth-order valence-electron chi connectivity index (χ4n) is 6.05. The SMILES string of the molecule is CC(C#N)n1ncn(-c2ccc(N3CCN(c4ccc(CSC5COC(Cn6cncn6)(c6ccc(F)cc6F)O5)cc4)CC3)cc2)c1=O. The fraction of sp³-hybridized carbons (Fsp3) is 0.324. The third-order valence-electron chi connectivity index (χ3n) is 8.71. The Morgan fingerprint density at radius 2 is 1.63 bits per heavy atom. The molecule has 0 amide bonds. The number of nitriles is 1. The summed E-state index contributed by atoms with van der Waals surface area (Å²) in [6, 6.07) is 21.0. The third-order valence-corrected chi connectivity index (χ3v) is 9.81. The predicted octanol–water partition coefficient (Wildman–Crippen LogP) is 4.47. The fourth-order valence-corrected chi connectivity index (χ4v) is 7.01. The number of ether oxygens (including phenoxy) is 2. The molecule has 3 atom stereocenters. The number of anilines is 2. The number of nitrogens with zero attached hydrogens (tertiary/aromatic N) is 9. The molecular formula is C34H33F2N9O3S. The van der Waals surface area contributed by atoms with E-state index in [2.05, 4.69) is 49.2 Å². The quantitative estimate of drug-likeness (QED) is 0.208. The van der Waals surface area contributed by atoms with Gasteiger partial charge >= 0.3 is 5.69 Å². The molecule has 2 aromatic heterocycles. The maximum Gasteiger partial charge on any atom is 0.351 e. The number of thioether (sulfide) groups is 1. The first-order valence-corrected chi connectivity index (χ1v) is 16.8. The summed E-state index contributed by atoms with van der Waals surface area (Å²) in [4.78, 5) is 21.3. The van der Waals surface area contributed by atoms with Crippen molar-refractivity contribution >= 4 is 23.1 Å². The van der Waals surface area contributed by atoms with Gasteiger partial charge in [-0.2, -0.15) is 20.1 Å². The van der Waals surface area contributed by atoms with Crippen LogP contribution in [-0.2, 0) is 27.6 Å². The number of piperazine rings is 1. The highest BCUT2D eigenvalue weighted by molar-refractivity contribution is 7.99. The monoisotopic (exact) mass is 685 g/mol. The Labute approximate surface area is 285 Å². The van der Waals surface area contributed by atoms with E-state index in [0.717, 1.165) is 49.2 Å². The highest BCUT2D eigenvalue weighted by atomic mass is 32.2. The van der Waals surface area contributed by atoms with Gasteiger partial charge in [-0.25, -0.2) is 27.8 Å². The zero-order valence-corrected chi connectivity index (χ0v) is 27.4. The third kappa shape index (κ3) is 6.80. The maximum absolute atomic E-state index is 14.9. The van der Waals surface area contributed by atoms with Crippen molar-refractivity contribution in [3.8, 4) is 11.8 Å². The standard InChI is InChI=1S/C34H33F2N9O3S/c1-24(17-37)45-33(46)44(23-40-45)29-9-7-28(8-10-29)42-14-12-41(13-15-42)27-5-2-25(3-6-27)19-49-32-18-47-34(48-32,20-43-22-38-21-39-43)30-11-4-26(35)16-31(30)36/h2-11,16,21-24,32H,12-15,18-20H2,1H3. The lowest BCUT2D eigenvalue weighted by atomic mass is 10.0. The molecular weight excluding hydrogens is 652 g/mol. The van der Waals surface area contributed by atoms with Crippen LogP contribution in [0.2, 0.25) is 0 Å². The minimum Gasteiger partial charge on any atom is -0.368 e. The molecule has 4 heterocycles. The molecule has 5 aromatic rings. The second-order valence-electron chi connectivity index (χ2n) is 11.8. The van der Waals surface area contributed by atoms with Gasteiger partial charge in [0.1, 0.15) is 48.6 Å². The van der Waals surface area contributed by atoms with Gasteiger partial charge in [0.2, 0.25) is 5.79 Å². The van der Waals surface area contributed by atoms with E-state index in [4.69, 9.17) is 14.7 Å². The molecule has 0 spiro atoms. The minimum absolute atomic E-state index is 0.0667. The summed E-state index contributed by atoms with van der Waals surface area (Å²) >= 11 is 1.55. The topological polar surface area (TPSA) is 119 Å². The second-order valence-corrected chi connectivity index (χ2v) is 13.0. The van der Waals surface area contributed by atoms with Crippen molar-refractivity contribution in [2.45, 2.75) is 36.5 Å². The molecule has 2 aliphatic rings. The molecule has 0 N–H and O–H groups in total. The summed E-state index contributed by atoms with van der Waals surface area (Å²) in [5.74, 6) is -2.22. The molecule has 7 rings (SSSR count). The van der Waals surface area contributed by atoms with Gasteiger partial charge in [-0.15, -0.1) is 11.8 Å². The lowest BCUT2D eigenvalue weighted by molar-refractivity contribution is -0.182. The van der Waals surface area contributed by atoms with Crippen molar-refractivity contribution in [2.24, 2.45) is 0 Å². The zero-order valence-electron chi connectivity index (χ0n) is 26.6. The average molecular weight is 686 g/mol. The molecule has 0 radical (unpaired) electrons. The van der Waals surface area contributed by atoms with Crippen LogP contribution < -0.4 is 15.5 Å². The Morgan fingerprint density at radius 1 is 0.959 bits per heavy atom. The van der Waals surface area contributed by atoms with E-state index in [1.165, 1.54) is 45.0 Å². The van der Waals surface area contributed by atoms with Crippen molar-refractivity contribution in [2.75, 3.05) is 42.6 Å². The number of hydrogen-bond acceptors (Lipinski definition) is 10. The van der Waals surface area contributed by atoms with E-state index in [1.807, 2.05) is 30.3 Å². The van der Waals surface area contributed by atoms with E-state index < -0.39 is 23.5 Å².